The van der Waals surface area contributed by atoms with Crippen molar-refractivity contribution in [2.24, 2.45) is 5.92 Å². The molecule has 0 aliphatic heterocycles. The number of hydrogen-bond donors (Lipinski definition) is 1. The van der Waals surface area contributed by atoms with Crippen LogP contribution in [-0.4, -0.2) is 15.0 Å². The Morgan fingerprint density at radius 2 is 2.08 bits per heavy atom. The molecule has 0 radical (unpaired) electrons. The van der Waals surface area contributed by atoms with Crippen molar-refractivity contribution in [3.05, 3.63) is 11.6 Å². The molecule has 0 bridgehead atoms. The Hall–Kier alpha value is -1.19. The van der Waals surface area contributed by atoms with E-state index in [1.165, 1.54) is 12.8 Å². The summed E-state index contributed by atoms with van der Waals surface area (Å²) in [4.78, 5) is 12.2. The van der Waals surface area contributed by atoms with Crippen molar-refractivity contribution < 1.29 is 0 Å². The van der Waals surface area contributed by atoms with E-state index in [2.05, 4.69) is 15.0 Å². The summed E-state index contributed by atoms with van der Waals surface area (Å²) in [6.45, 7) is 1.84. The molecule has 1 aliphatic rings. The van der Waals surface area contributed by atoms with Crippen LogP contribution in [0.3, 0.4) is 0 Å². The third-order valence-corrected chi connectivity index (χ3v) is 1.98. The number of hydrogen-bond acceptors (Lipinski definition) is 4. The largest absolute Gasteiger partial charge is 0.368 e. The highest BCUT2D eigenvalue weighted by molar-refractivity contribution is 5.15. The number of aromatic nitrogens is 3. The smallest absolute Gasteiger partial charge is 0.223 e. The van der Waals surface area contributed by atoms with Gasteiger partial charge in [-0.3, -0.25) is 0 Å². The van der Waals surface area contributed by atoms with Gasteiger partial charge in [-0.05, 0) is 25.7 Å². The van der Waals surface area contributed by atoms with Gasteiger partial charge in [-0.15, -0.1) is 0 Å². The average Bonchev–Trinajstić information content (AvgIpc) is 2.68. The van der Waals surface area contributed by atoms with Crippen LogP contribution in [0, 0.1) is 12.8 Å². The topological polar surface area (TPSA) is 64.7 Å². The SMILES string of the molecule is Cc1nc(N)nc(CC2CC2)n1. The molecule has 0 saturated heterocycles. The number of anilines is 1. The number of rotatable bonds is 2. The van der Waals surface area contributed by atoms with E-state index in [4.69, 9.17) is 5.73 Å². The lowest BCUT2D eigenvalue weighted by Crippen LogP contribution is -2.05. The molecule has 64 valence electrons. The summed E-state index contributed by atoms with van der Waals surface area (Å²) in [7, 11) is 0. The standard InChI is InChI=1S/C8H12N4/c1-5-10-7(4-6-2-3-6)12-8(9)11-5/h6H,2-4H2,1H3,(H2,9,10,11,12). The number of nitrogen functional groups attached to an aromatic ring is 1. The molecule has 1 fully saturated rings. The second-order valence-electron chi connectivity index (χ2n) is 3.30. The fraction of sp³-hybridized carbons (Fsp3) is 0.625. The van der Waals surface area contributed by atoms with E-state index in [0.717, 1.165) is 24.0 Å². The molecule has 0 atom stereocenters. The lowest BCUT2D eigenvalue weighted by molar-refractivity contribution is 0.752. The fourth-order valence-corrected chi connectivity index (χ4v) is 1.23. The number of nitrogens with zero attached hydrogens (tertiary/aromatic N) is 3. The van der Waals surface area contributed by atoms with Gasteiger partial charge in [-0.2, -0.15) is 9.97 Å². The van der Waals surface area contributed by atoms with Crippen LogP contribution < -0.4 is 5.73 Å². The Kier molecular flexibility index (Phi) is 1.67. The molecule has 0 spiro atoms. The van der Waals surface area contributed by atoms with Gasteiger partial charge in [0.2, 0.25) is 5.95 Å². The van der Waals surface area contributed by atoms with Crippen molar-refractivity contribution in [1.82, 2.24) is 15.0 Å². The Bertz CT molecular complexity index is 273. The molecule has 1 heterocycles. The molecule has 4 heteroatoms. The summed E-state index contributed by atoms with van der Waals surface area (Å²) in [5.74, 6) is 2.71. The molecule has 1 aliphatic carbocycles. The number of aryl methyl sites for hydroxylation is 1. The highest BCUT2D eigenvalue weighted by Gasteiger charge is 2.22. The summed E-state index contributed by atoms with van der Waals surface area (Å²) < 4.78 is 0. The zero-order valence-electron chi connectivity index (χ0n) is 7.12. The van der Waals surface area contributed by atoms with E-state index in [1.807, 2.05) is 6.92 Å². The summed E-state index contributed by atoms with van der Waals surface area (Å²) in [5.41, 5.74) is 5.49. The molecule has 2 N–H and O–H groups in total. The minimum atomic E-state index is 0.346. The van der Waals surface area contributed by atoms with Crippen LogP contribution >= 0.6 is 0 Å². The van der Waals surface area contributed by atoms with Gasteiger partial charge in [0.05, 0.1) is 0 Å². The first kappa shape index (κ1) is 7.46. The van der Waals surface area contributed by atoms with Gasteiger partial charge in [-0.25, -0.2) is 4.98 Å². The van der Waals surface area contributed by atoms with Crippen molar-refractivity contribution >= 4 is 5.95 Å². The van der Waals surface area contributed by atoms with Crippen molar-refractivity contribution in [1.29, 1.82) is 0 Å². The van der Waals surface area contributed by atoms with E-state index < -0.39 is 0 Å². The van der Waals surface area contributed by atoms with Crippen molar-refractivity contribution in [3.63, 3.8) is 0 Å². The third kappa shape index (κ3) is 1.69. The van der Waals surface area contributed by atoms with Crippen molar-refractivity contribution in [2.45, 2.75) is 26.2 Å². The van der Waals surface area contributed by atoms with Crippen LogP contribution in [0.2, 0.25) is 0 Å². The van der Waals surface area contributed by atoms with E-state index in [-0.39, 0.29) is 0 Å². The van der Waals surface area contributed by atoms with E-state index in [1.54, 1.807) is 0 Å². The lowest BCUT2D eigenvalue weighted by Gasteiger charge is -1.99. The quantitative estimate of drug-likeness (QED) is 0.699. The first-order chi connectivity index (χ1) is 5.74. The molecule has 4 nitrogen and oxygen atoms in total. The normalized spacial score (nSPS) is 16.4. The van der Waals surface area contributed by atoms with Gasteiger partial charge in [0.15, 0.2) is 0 Å². The van der Waals surface area contributed by atoms with Crippen LogP contribution in [0.25, 0.3) is 0 Å². The second kappa shape index (κ2) is 2.69. The highest BCUT2D eigenvalue weighted by atomic mass is 15.1. The molecule has 1 aromatic rings. The van der Waals surface area contributed by atoms with E-state index >= 15 is 0 Å². The Morgan fingerprint density at radius 1 is 1.33 bits per heavy atom. The Morgan fingerprint density at radius 3 is 2.67 bits per heavy atom. The van der Waals surface area contributed by atoms with Crippen molar-refractivity contribution in [3.8, 4) is 0 Å². The first-order valence-corrected chi connectivity index (χ1v) is 4.21. The summed E-state index contributed by atoms with van der Waals surface area (Å²) in [6.07, 6.45) is 3.59. The van der Waals surface area contributed by atoms with Crippen LogP contribution in [0.5, 0.6) is 0 Å². The summed E-state index contributed by atoms with van der Waals surface area (Å²) >= 11 is 0. The van der Waals surface area contributed by atoms with Crippen molar-refractivity contribution in [2.75, 3.05) is 5.73 Å². The minimum Gasteiger partial charge on any atom is -0.368 e. The predicted octanol–water partition coefficient (Wildman–Crippen LogP) is 0.715. The Balaban J connectivity index is 2.18. The maximum absolute atomic E-state index is 5.49. The number of nitrogens with two attached hydrogens (primary N) is 1. The zero-order chi connectivity index (χ0) is 8.55. The summed E-state index contributed by atoms with van der Waals surface area (Å²) in [6, 6.07) is 0. The molecule has 12 heavy (non-hydrogen) atoms. The van der Waals surface area contributed by atoms with Gasteiger partial charge in [0.25, 0.3) is 0 Å². The minimum absolute atomic E-state index is 0.346. The molecular weight excluding hydrogens is 152 g/mol. The summed E-state index contributed by atoms with van der Waals surface area (Å²) in [5, 5.41) is 0. The predicted molar refractivity (Wildman–Crippen MR) is 45.4 cm³/mol. The van der Waals surface area contributed by atoms with Gasteiger partial charge in [0, 0.05) is 6.42 Å². The van der Waals surface area contributed by atoms with E-state index in [9.17, 15) is 0 Å². The Labute approximate surface area is 71.2 Å². The van der Waals surface area contributed by atoms with Gasteiger partial charge in [-0.1, -0.05) is 0 Å². The van der Waals surface area contributed by atoms with Gasteiger partial charge in [0.1, 0.15) is 11.6 Å². The molecular formula is C8H12N4. The molecule has 0 amide bonds. The average molecular weight is 164 g/mol. The first-order valence-electron chi connectivity index (χ1n) is 4.21. The van der Waals surface area contributed by atoms with Gasteiger partial charge >= 0.3 is 0 Å². The van der Waals surface area contributed by atoms with Crippen LogP contribution in [0.4, 0.5) is 5.95 Å². The monoisotopic (exact) mass is 164 g/mol. The third-order valence-electron chi connectivity index (χ3n) is 1.98. The maximum atomic E-state index is 5.49. The van der Waals surface area contributed by atoms with Crippen LogP contribution in [-0.2, 0) is 6.42 Å². The lowest BCUT2D eigenvalue weighted by atomic mass is 10.3. The van der Waals surface area contributed by atoms with Crippen LogP contribution in [0.15, 0.2) is 0 Å². The fourth-order valence-electron chi connectivity index (χ4n) is 1.23. The van der Waals surface area contributed by atoms with Crippen LogP contribution in [0.1, 0.15) is 24.5 Å². The molecule has 1 saturated carbocycles. The molecule has 1 aromatic heterocycles. The van der Waals surface area contributed by atoms with E-state index in [0.29, 0.717) is 5.95 Å². The van der Waals surface area contributed by atoms with Gasteiger partial charge < -0.3 is 5.73 Å². The zero-order valence-corrected chi connectivity index (χ0v) is 7.12. The second-order valence-corrected chi connectivity index (χ2v) is 3.30. The maximum Gasteiger partial charge on any atom is 0.223 e. The molecule has 0 aromatic carbocycles. The molecule has 0 unspecified atom stereocenters. The molecule has 2 rings (SSSR count). The highest BCUT2D eigenvalue weighted by Crippen LogP contribution is 2.31.